The first kappa shape index (κ1) is 21.9. The van der Waals surface area contributed by atoms with Gasteiger partial charge in [-0.3, -0.25) is 19.2 Å². The molecule has 1 aliphatic carbocycles. The first-order valence-corrected chi connectivity index (χ1v) is 8.72. The molecule has 0 spiro atoms. The van der Waals surface area contributed by atoms with Gasteiger partial charge in [0.15, 0.2) is 0 Å². The van der Waals surface area contributed by atoms with E-state index >= 15 is 0 Å². The Morgan fingerprint density at radius 2 is 0.731 bits per heavy atom. The Balaban J connectivity index is 2.85. The molecule has 0 aliphatic heterocycles. The average Bonchev–Trinajstić information content (AvgIpc) is 2.54. The standard InChI is InChI=1S/C18H28O8/c1-11(19)23-7-15-5-17(9-25-13(3)21)18(10-26-14(4)22)6-16(15)8-24-12(2)20/h15-18H,5-10H2,1-4H3/t15-,16+,17+,18-. The SMILES string of the molecule is CC(=O)OC[C@@H]1C[C@H](COC(C)=O)[C@H](COC(C)=O)C[C@@H]1COC(C)=O. The molecule has 0 aromatic rings. The molecule has 0 unspecified atom stereocenters. The molecule has 26 heavy (non-hydrogen) atoms. The first-order valence-electron chi connectivity index (χ1n) is 8.72. The third-order valence-corrected chi connectivity index (χ3v) is 4.55. The summed E-state index contributed by atoms with van der Waals surface area (Å²) in [7, 11) is 0. The van der Waals surface area contributed by atoms with E-state index in [0.29, 0.717) is 12.8 Å². The molecule has 1 aliphatic rings. The average molecular weight is 372 g/mol. The Morgan fingerprint density at radius 1 is 0.538 bits per heavy atom. The molecule has 1 rings (SSSR count). The van der Waals surface area contributed by atoms with E-state index in [2.05, 4.69) is 0 Å². The molecule has 0 saturated heterocycles. The molecule has 0 heterocycles. The molecule has 1 fully saturated rings. The van der Waals surface area contributed by atoms with Crippen LogP contribution in [0.15, 0.2) is 0 Å². The van der Waals surface area contributed by atoms with Crippen LogP contribution in [0.1, 0.15) is 40.5 Å². The van der Waals surface area contributed by atoms with Crippen LogP contribution in [0.4, 0.5) is 0 Å². The molecule has 0 amide bonds. The minimum atomic E-state index is -0.380. The van der Waals surface area contributed by atoms with Crippen molar-refractivity contribution in [1.29, 1.82) is 0 Å². The Morgan fingerprint density at radius 3 is 0.885 bits per heavy atom. The summed E-state index contributed by atoms with van der Waals surface area (Å²) in [5.41, 5.74) is 0. The Hall–Kier alpha value is -2.12. The van der Waals surface area contributed by atoms with Gasteiger partial charge in [-0.2, -0.15) is 0 Å². The molecule has 1 saturated carbocycles. The number of ether oxygens (including phenoxy) is 4. The lowest BCUT2D eigenvalue weighted by Gasteiger charge is -2.40. The van der Waals surface area contributed by atoms with Crippen LogP contribution in [-0.4, -0.2) is 50.3 Å². The monoisotopic (exact) mass is 372 g/mol. The topological polar surface area (TPSA) is 105 Å². The van der Waals surface area contributed by atoms with E-state index in [-0.39, 0.29) is 74.0 Å². The van der Waals surface area contributed by atoms with Gasteiger partial charge in [-0.25, -0.2) is 0 Å². The van der Waals surface area contributed by atoms with Crippen molar-refractivity contribution in [3.05, 3.63) is 0 Å². The quantitative estimate of drug-likeness (QED) is 0.466. The highest BCUT2D eigenvalue weighted by molar-refractivity contribution is 5.66. The smallest absolute Gasteiger partial charge is 0.302 e. The van der Waals surface area contributed by atoms with Crippen molar-refractivity contribution in [2.75, 3.05) is 26.4 Å². The highest BCUT2D eigenvalue weighted by Gasteiger charge is 2.39. The molecule has 0 aromatic carbocycles. The lowest BCUT2D eigenvalue weighted by Crippen LogP contribution is -2.41. The second kappa shape index (κ2) is 10.8. The summed E-state index contributed by atoms with van der Waals surface area (Å²) in [5, 5.41) is 0. The predicted octanol–water partition coefficient (Wildman–Crippen LogP) is 1.50. The number of carbonyl (C=O) groups is 4. The van der Waals surface area contributed by atoms with E-state index in [1.807, 2.05) is 0 Å². The van der Waals surface area contributed by atoms with Crippen molar-refractivity contribution < 1.29 is 38.1 Å². The highest BCUT2D eigenvalue weighted by Crippen LogP contribution is 2.39. The Kier molecular flexibility index (Phi) is 9.09. The van der Waals surface area contributed by atoms with Gasteiger partial charge in [0.2, 0.25) is 0 Å². The lowest BCUT2D eigenvalue weighted by molar-refractivity contribution is -0.154. The minimum Gasteiger partial charge on any atom is -0.466 e. The van der Waals surface area contributed by atoms with Gasteiger partial charge < -0.3 is 18.9 Å². The Bertz CT molecular complexity index is 425. The summed E-state index contributed by atoms with van der Waals surface area (Å²) in [6.07, 6.45) is 1.22. The molecule has 0 radical (unpaired) electrons. The van der Waals surface area contributed by atoms with Crippen LogP contribution in [0.2, 0.25) is 0 Å². The normalized spacial score (nSPS) is 25.1. The van der Waals surface area contributed by atoms with Crippen molar-refractivity contribution in [1.82, 2.24) is 0 Å². The van der Waals surface area contributed by atoms with Gasteiger partial charge in [-0.05, 0) is 36.5 Å². The third-order valence-electron chi connectivity index (χ3n) is 4.55. The highest BCUT2D eigenvalue weighted by atomic mass is 16.5. The van der Waals surface area contributed by atoms with Crippen LogP contribution in [0.3, 0.4) is 0 Å². The van der Waals surface area contributed by atoms with Gasteiger partial charge in [-0.15, -0.1) is 0 Å². The zero-order chi connectivity index (χ0) is 19.7. The zero-order valence-electron chi connectivity index (χ0n) is 15.8. The molecular formula is C18H28O8. The second-order valence-corrected chi connectivity index (χ2v) is 6.72. The van der Waals surface area contributed by atoms with Crippen LogP contribution in [0.25, 0.3) is 0 Å². The minimum absolute atomic E-state index is 0.0348. The maximum Gasteiger partial charge on any atom is 0.302 e. The van der Waals surface area contributed by atoms with Gasteiger partial charge in [-0.1, -0.05) is 0 Å². The number of hydrogen-bond donors (Lipinski definition) is 0. The molecule has 4 atom stereocenters. The fourth-order valence-electron chi connectivity index (χ4n) is 3.26. The second-order valence-electron chi connectivity index (χ2n) is 6.72. The van der Waals surface area contributed by atoms with E-state index in [4.69, 9.17) is 18.9 Å². The molecule has 0 N–H and O–H groups in total. The number of carbonyl (C=O) groups excluding carboxylic acids is 4. The molecule has 0 bridgehead atoms. The van der Waals surface area contributed by atoms with Crippen molar-refractivity contribution in [2.24, 2.45) is 23.7 Å². The van der Waals surface area contributed by atoms with E-state index in [1.54, 1.807) is 0 Å². The molecule has 148 valence electrons. The molecule has 8 nitrogen and oxygen atoms in total. The number of esters is 4. The molecular weight excluding hydrogens is 344 g/mol. The van der Waals surface area contributed by atoms with Crippen LogP contribution >= 0.6 is 0 Å². The lowest BCUT2D eigenvalue weighted by atomic mass is 9.69. The summed E-state index contributed by atoms with van der Waals surface area (Å²) in [6, 6.07) is 0. The van der Waals surface area contributed by atoms with Crippen LogP contribution in [0.5, 0.6) is 0 Å². The van der Waals surface area contributed by atoms with Crippen molar-refractivity contribution in [3.8, 4) is 0 Å². The van der Waals surface area contributed by atoms with Gasteiger partial charge in [0.1, 0.15) is 0 Å². The van der Waals surface area contributed by atoms with E-state index in [0.717, 1.165) is 0 Å². The van der Waals surface area contributed by atoms with E-state index < -0.39 is 0 Å². The maximum absolute atomic E-state index is 11.2. The zero-order valence-corrected chi connectivity index (χ0v) is 15.8. The maximum atomic E-state index is 11.2. The fraction of sp³-hybridized carbons (Fsp3) is 0.778. The third kappa shape index (κ3) is 8.31. The summed E-state index contributed by atoms with van der Waals surface area (Å²) in [4.78, 5) is 44.7. The summed E-state index contributed by atoms with van der Waals surface area (Å²) in [6.45, 7) is 6.17. The largest absolute Gasteiger partial charge is 0.466 e. The molecule has 8 heteroatoms. The van der Waals surface area contributed by atoms with Crippen molar-refractivity contribution >= 4 is 23.9 Å². The summed E-state index contributed by atoms with van der Waals surface area (Å²) in [5.74, 6) is -1.66. The van der Waals surface area contributed by atoms with Gasteiger partial charge in [0.05, 0.1) is 26.4 Å². The number of rotatable bonds is 8. The van der Waals surface area contributed by atoms with Gasteiger partial charge in [0, 0.05) is 27.7 Å². The molecule has 0 aromatic heterocycles. The van der Waals surface area contributed by atoms with Crippen LogP contribution in [-0.2, 0) is 38.1 Å². The van der Waals surface area contributed by atoms with Gasteiger partial charge in [0.25, 0.3) is 0 Å². The van der Waals surface area contributed by atoms with Crippen LogP contribution in [0, 0.1) is 23.7 Å². The van der Waals surface area contributed by atoms with Crippen molar-refractivity contribution in [2.45, 2.75) is 40.5 Å². The summed E-state index contributed by atoms with van der Waals surface area (Å²) >= 11 is 0. The van der Waals surface area contributed by atoms with Crippen LogP contribution < -0.4 is 0 Å². The van der Waals surface area contributed by atoms with E-state index in [1.165, 1.54) is 27.7 Å². The summed E-state index contributed by atoms with van der Waals surface area (Å²) < 4.78 is 20.6. The fourth-order valence-corrected chi connectivity index (χ4v) is 3.26. The van der Waals surface area contributed by atoms with Gasteiger partial charge >= 0.3 is 23.9 Å². The van der Waals surface area contributed by atoms with E-state index in [9.17, 15) is 19.2 Å². The Labute approximate surface area is 153 Å². The first-order chi connectivity index (χ1) is 12.2. The number of hydrogen-bond acceptors (Lipinski definition) is 8. The predicted molar refractivity (Wildman–Crippen MR) is 89.7 cm³/mol. The van der Waals surface area contributed by atoms with Crippen molar-refractivity contribution in [3.63, 3.8) is 0 Å².